The summed E-state index contributed by atoms with van der Waals surface area (Å²) in [5, 5.41) is 4.20. The molecule has 4 heteroatoms. The monoisotopic (exact) mass is 351 g/mol. The Kier molecular flexibility index (Phi) is 3.90. The quantitative estimate of drug-likeness (QED) is 0.818. The van der Waals surface area contributed by atoms with Gasteiger partial charge < -0.3 is 10.1 Å². The van der Waals surface area contributed by atoms with Crippen LogP contribution in [0.5, 0.6) is 5.75 Å². The summed E-state index contributed by atoms with van der Waals surface area (Å²) in [5.41, 5.74) is 3.55. The fraction of sp³-hybridized carbons (Fsp3) is 0.250. The molecular formula is C16H15BrClNO. The van der Waals surface area contributed by atoms with E-state index >= 15 is 0 Å². The van der Waals surface area contributed by atoms with Crippen LogP contribution in [0.1, 0.15) is 24.1 Å². The summed E-state index contributed by atoms with van der Waals surface area (Å²) in [6.07, 6.45) is 0.997. The molecule has 1 aliphatic heterocycles. The van der Waals surface area contributed by atoms with Crippen LogP contribution in [0, 0.1) is 0 Å². The molecular weight excluding hydrogens is 338 g/mol. The molecule has 2 aromatic rings. The molecule has 104 valence electrons. The van der Waals surface area contributed by atoms with E-state index in [0.717, 1.165) is 28.9 Å². The fourth-order valence-corrected chi connectivity index (χ4v) is 2.96. The van der Waals surface area contributed by atoms with Crippen molar-refractivity contribution in [1.82, 2.24) is 0 Å². The van der Waals surface area contributed by atoms with Gasteiger partial charge in [0.1, 0.15) is 5.75 Å². The first-order valence-electron chi connectivity index (χ1n) is 6.61. The van der Waals surface area contributed by atoms with E-state index < -0.39 is 0 Å². The minimum Gasteiger partial charge on any atom is -0.493 e. The predicted molar refractivity (Wildman–Crippen MR) is 86.8 cm³/mol. The van der Waals surface area contributed by atoms with Gasteiger partial charge in [0, 0.05) is 12.5 Å². The first-order valence-corrected chi connectivity index (χ1v) is 7.78. The molecule has 3 rings (SSSR count). The molecule has 0 saturated heterocycles. The molecule has 1 aliphatic rings. The molecule has 2 nitrogen and oxygen atoms in total. The van der Waals surface area contributed by atoms with Gasteiger partial charge in [-0.25, -0.2) is 0 Å². The number of halogens is 2. The van der Waals surface area contributed by atoms with Crippen molar-refractivity contribution >= 4 is 33.2 Å². The normalized spacial score (nSPS) is 14.6. The lowest BCUT2D eigenvalue weighted by molar-refractivity contribution is 0.357. The van der Waals surface area contributed by atoms with E-state index in [1.807, 2.05) is 18.2 Å². The molecule has 0 aliphatic carbocycles. The van der Waals surface area contributed by atoms with Crippen LogP contribution >= 0.6 is 27.5 Å². The lowest BCUT2D eigenvalue weighted by Gasteiger charge is -2.18. The summed E-state index contributed by atoms with van der Waals surface area (Å²) >= 11 is 9.63. The summed E-state index contributed by atoms with van der Waals surface area (Å²) in [4.78, 5) is 0. The van der Waals surface area contributed by atoms with E-state index in [-0.39, 0.29) is 6.04 Å². The van der Waals surface area contributed by atoms with Gasteiger partial charge in [0.2, 0.25) is 0 Å². The second kappa shape index (κ2) is 5.66. The maximum atomic E-state index is 6.12. The molecule has 1 unspecified atom stereocenters. The lowest BCUT2D eigenvalue weighted by atomic mass is 10.0. The Morgan fingerprint density at radius 3 is 3.00 bits per heavy atom. The lowest BCUT2D eigenvalue weighted by Crippen LogP contribution is -2.07. The number of fused-ring (bicyclic) bond motifs is 1. The molecule has 0 fully saturated rings. The van der Waals surface area contributed by atoms with Gasteiger partial charge in [0.15, 0.2) is 0 Å². The zero-order valence-corrected chi connectivity index (χ0v) is 13.5. The highest BCUT2D eigenvalue weighted by Crippen LogP contribution is 2.34. The highest BCUT2D eigenvalue weighted by Gasteiger charge is 2.15. The van der Waals surface area contributed by atoms with E-state index in [2.05, 4.69) is 46.4 Å². The number of nitrogens with one attached hydrogen (secondary N) is 1. The Bertz CT molecular complexity index is 644. The molecule has 20 heavy (non-hydrogen) atoms. The molecule has 0 spiro atoms. The zero-order valence-electron chi connectivity index (χ0n) is 11.1. The SMILES string of the molecule is CC(Nc1cccc(Cl)c1Br)c1ccc2c(c1)CCO2. The second-order valence-corrected chi connectivity index (χ2v) is 6.13. The Balaban J connectivity index is 1.82. The van der Waals surface area contributed by atoms with Gasteiger partial charge in [-0.1, -0.05) is 23.7 Å². The van der Waals surface area contributed by atoms with E-state index in [9.17, 15) is 0 Å². The van der Waals surface area contributed by atoms with Crippen molar-refractivity contribution in [3.63, 3.8) is 0 Å². The third-order valence-corrected chi connectivity index (χ3v) is 4.93. The van der Waals surface area contributed by atoms with Gasteiger partial charge in [0.25, 0.3) is 0 Å². The third-order valence-electron chi connectivity index (χ3n) is 3.54. The molecule has 0 amide bonds. The molecule has 1 atom stereocenters. The molecule has 0 aromatic heterocycles. The van der Waals surface area contributed by atoms with Gasteiger partial charge in [0.05, 0.1) is 21.8 Å². The number of anilines is 1. The van der Waals surface area contributed by atoms with Crippen LogP contribution in [0.3, 0.4) is 0 Å². The van der Waals surface area contributed by atoms with Gasteiger partial charge in [-0.05, 0) is 58.2 Å². The summed E-state index contributed by atoms with van der Waals surface area (Å²) in [5.74, 6) is 1.02. The van der Waals surface area contributed by atoms with Gasteiger partial charge >= 0.3 is 0 Å². The van der Waals surface area contributed by atoms with Crippen molar-refractivity contribution in [2.24, 2.45) is 0 Å². The predicted octanol–water partition coefficient (Wildman–Crippen LogP) is 5.21. The van der Waals surface area contributed by atoms with Gasteiger partial charge in [-0.2, -0.15) is 0 Å². The number of benzene rings is 2. The van der Waals surface area contributed by atoms with Crippen LogP contribution in [0.15, 0.2) is 40.9 Å². The zero-order chi connectivity index (χ0) is 14.1. The number of hydrogen-bond acceptors (Lipinski definition) is 2. The average molecular weight is 353 g/mol. The van der Waals surface area contributed by atoms with Crippen molar-refractivity contribution in [2.45, 2.75) is 19.4 Å². The standard InChI is InChI=1S/C16H15BrClNO/c1-10(19-14-4-2-3-13(18)16(14)17)11-5-6-15-12(9-11)7-8-20-15/h2-6,9-10,19H,7-8H2,1H3. The number of hydrogen-bond donors (Lipinski definition) is 1. The molecule has 0 bridgehead atoms. The van der Waals surface area contributed by atoms with Crippen LogP contribution in [-0.2, 0) is 6.42 Å². The van der Waals surface area contributed by atoms with Crippen LogP contribution in [0.2, 0.25) is 5.02 Å². The average Bonchev–Trinajstić information content (AvgIpc) is 2.91. The molecule has 0 radical (unpaired) electrons. The Morgan fingerprint density at radius 1 is 1.30 bits per heavy atom. The topological polar surface area (TPSA) is 21.3 Å². The highest BCUT2D eigenvalue weighted by atomic mass is 79.9. The first-order chi connectivity index (χ1) is 9.65. The number of rotatable bonds is 3. The minimum absolute atomic E-state index is 0.204. The number of ether oxygens (including phenoxy) is 1. The fourth-order valence-electron chi connectivity index (χ4n) is 2.41. The van der Waals surface area contributed by atoms with Crippen molar-refractivity contribution in [2.75, 3.05) is 11.9 Å². The summed E-state index contributed by atoms with van der Waals surface area (Å²) in [7, 11) is 0. The van der Waals surface area contributed by atoms with E-state index in [0.29, 0.717) is 5.02 Å². The van der Waals surface area contributed by atoms with Gasteiger partial charge in [-0.3, -0.25) is 0 Å². The molecule has 0 saturated carbocycles. The Hall–Kier alpha value is -1.19. The second-order valence-electron chi connectivity index (χ2n) is 4.93. The first kappa shape index (κ1) is 13.8. The minimum atomic E-state index is 0.204. The third kappa shape index (κ3) is 2.65. The Labute approximate surface area is 132 Å². The van der Waals surface area contributed by atoms with Crippen molar-refractivity contribution in [3.8, 4) is 5.75 Å². The highest BCUT2D eigenvalue weighted by molar-refractivity contribution is 9.10. The van der Waals surface area contributed by atoms with Gasteiger partial charge in [-0.15, -0.1) is 0 Å². The molecule has 1 N–H and O–H groups in total. The summed E-state index contributed by atoms with van der Waals surface area (Å²) in [6, 6.07) is 12.4. The maximum Gasteiger partial charge on any atom is 0.122 e. The summed E-state index contributed by atoms with van der Waals surface area (Å²) < 4.78 is 6.44. The van der Waals surface area contributed by atoms with Crippen LogP contribution in [0.4, 0.5) is 5.69 Å². The smallest absolute Gasteiger partial charge is 0.122 e. The van der Waals surface area contributed by atoms with Crippen LogP contribution < -0.4 is 10.1 Å². The van der Waals surface area contributed by atoms with Crippen molar-refractivity contribution in [1.29, 1.82) is 0 Å². The van der Waals surface area contributed by atoms with E-state index in [1.165, 1.54) is 11.1 Å². The maximum absolute atomic E-state index is 6.12. The van der Waals surface area contributed by atoms with Crippen molar-refractivity contribution in [3.05, 3.63) is 57.0 Å². The molecule has 1 heterocycles. The Morgan fingerprint density at radius 2 is 2.15 bits per heavy atom. The van der Waals surface area contributed by atoms with Crippen molar-refractivity contribution < 1.29 is 4.74 Å². The van der Waals surface area contributed by atoms with Crippen LogP contribution in [-0.4, -0.2) is 6.61 Å². The summed E-state index contributed by atoms with van der Waals surface area (Å²) in [6.45, 7) is 2.94. The largest absolute Gasteiger partial charge is 0.493 e. The van der Waals surface area contributed by atoms with Crippen LogP contribution in [0.25, 0.3) is 0 Å². The molecule has 2 aromatic carbocycles. The van der Waals surface area contributed by atoms with E-state index in [1.54, 1.807) is 0 Å². The van der Waals surface area contributed by atoms with E-state index in [4.69, 9.17) is 16.3 Å².